The standard InChI is InChI=1S/C14H22N2O/c1-17-13-6-4-11(5-7-13)14(9-15)12-3-2-8-16-10-12/h4-7,12,14,16H,2-3,8-10,15H2,1H3. The van der Waals surface area contributed by atoms with Gasteiger partial charge in [0.15, 0.2) is 0 Å². The number of rotatable bonds is 4. The van der Waals surface area contributed by atoms with E-state index in [1.54, 1.807) is 7.11 Å². The fraction of sp³-hybridized carbons (Fsp3) is 0.571. The van der Waals surface area contributed by atoms with E-state index in [9.17, 15) is 0 Å². The van der Waals surface area contributed by atoms with Crippen molar-refractivity contribution in [1.82, 2.24) is 5.32 Å². The van der Waals surface area contributed by atoms with Gasteiger partial charge in [-0.3, -0.25) is 0 Å². The molecule has 3 N–H and O–H groups in total. The minimum Gasteiger partial charge on any atom is -0.497 e. The van der Waals surface area contributed by atoms with Gasteiger partial charge in [-0.2, -0.15) is 0 Å². The minimum absolute atomic E-state index is 0.466. The maximum absolute atomic E-state index is 5.95. The van der Waals surface area contributed by atoms with Crippen molar-refractivity contribution in [2.75, 3.05) is 26.7 Å². The number of ether oxygens (including phenoxy) is 1. The number of nitrogens with one attached hydrogen (secondary N) is 1. The second kappa shape index (κ2) is 6.03. The summed E-state index contributed by atoms with van der Waals surface area (Å²) in [5.74, 6) is 2.04. The van der Waals surface area contributed by atoms with Crippen molar-refractivity contribution >= 4 is 0 Å². The molecular formula is C14H22N2O. The maximum Gasteiger partial charge on any atom is 0.118 e. The molecule has 3 heteroatoms. The Balaban J connectivity index is 2.10. The lowest BCUT2D eigenvalue weighted by Gasteiger charge is -2.30. The molecule has 17 heavy (non-hydrogen) atoms. The lowest BCUT2D eigenvalue weighted by molar-refractivity contribution is 0.325. The van der Waals surface area contributed by atoms with Crippen LogP contribution >= 0.6 is 0 Å². The van der Waals surface area contributed by atoms with E-state index in [0.29, 0.717) is 11.8 Å². The second-order valence-electron chi connectivity index (χ2n) is 4.72. The molecule has 2 rings (SSSR count). The van der Waals surface area contributed by atoms with Crippen LogP contribution in [0, 0.1) is 5.92 Å². The molecule has 94 valence electrons. The van der Waals surface area contributed by atoms with Crippen molar-refractivity contribution in [3.8, 4) is 5.75 Å². The highest BCUT2D eigenvalue weighted by molar-refractivity contribution is 5.30. The van der Waals surface area contributed by atoms with Crippen LogP contribution in [-0.4, -0.2) is 26.7 Å². The number of nitrogens with two attached hydrogens (primary N) is 1. The number of hydrogen-bond acceptors (Lipinski definition) is 3. The van der Waals surface area contributed by atoms with Crippen LogP contribution in [0.4, 0.5) is 0 Å². The van der Waals surface area contributed by atoms with E-state index in [2.05, 4.69) is 17.4 Å². The number of benzene rings is 1. The molecule has 2 unspecified atom stereocenters. The highest BCUT2D eigenvalue weighted by atomic mass is 16.5. The van der Waals surface area contributed by atoms with Crippen LogP contribution in [0.25, 0.3) is 0 Å². The summed E-state index contributed by atoms with van der Waals surface area (Å²) < 4.78 is 5.18. The molecule has 1 heterocycles. The Labute approximate surface area is 103 Å². The molecule has 0 spiro atoms. The second-order valence-corrected chi connectivity index (χ2v) is 4.72. The number of piperidine rings is 1. The van der Waals surface area contributed by atoms with Crippen LogP contribution in [0.15, 0.2) is 24.3 Å². The van der Waals surface area contributed by atoms with Gasteiger partial charge in [0.25, 0.3) is 0 Å². The summed E-state index contributed by atoms with van der Waals surface area (Å²) in [6, 6.07) is 8.33. The first kappa shape index (κ1) is 12.4. The van der Waals surface area contributed by atoms with Crippen LogP contribution in [0.3, 0.4) is 0 Å². The molecule has 1 aromatic carbocycles. The number of hydrogen-bond donors (Lipinski definition) is 2. The molecule has 1 fully saturated rings. The monoisotopic (exact) mass is 234 g/mol. The van der Waals surface area contributed by atoms with Gasteiger partial charge < -0.3 is 15.8 Å². The number of methoxy groups -OCH3 is 1. The normalized spacial score (nSPS) is 22.1. The Morgan fingerprint density at radius 1 is 1.41 bits per heavy atom. The van der Waals surface area contributed by atoms with Crippen LogP contribution in [-0.2, 0) is 0 Å². The zero-order valence-electron chi connectivity index (χ0n) is 10.5. The van der Waals surface area contributed by atoms with Gasteiger partial charge in [0.1, 0.15) is 5.75 Å². The molecule has 0 radical (unpaired) electrons. The Kier molecular flexibility index (Phi) is 4.40. The van der Waals surface area contributed by atoms with Gasteiger partial charge in [-0.05, 0) is 56.1 Å². The maximum atomic E-state index is 5.95. The van der Waals surface area contributed by atoms with Crippen LogP contribution in [0.2, 0.25) is 0 Å². The van der Waals surface area contributed by atoms with Gasteiger partial charge in [0.05, 0.1) is 7.11 Å². The molecule has 1 aliphatic rings. The predicted octanol–water partition coefficient (Wildman–Crippen LogP) is 1.74. The summed E-state index contributed by atoms with van der Waals surface area (Å²) in [5.41, 5.74) is 7.28. The topological polar surface area (TPSA) is 47.3 Å². The lowest BCUT2D eigenvalue weighted by Crippen LogP contribution is -2.35. The van der Waals surface area contributed by atoms with E-state index in [4.69, 9.17) is 10.5 Å². The summed E-state index contributed by atoms with van der Waals surface area (Å²) >= 11 is 0. The molecule has 0 saturated carbocycles. The Bertz CT molecular complexity index is 331. The van der Waals surface area contributed by atoms with E-state index >= 15 is 0 Å². The zero-order valence-corrected chi connectivity index (χ0v) is 10.5. The van der Waals surface area contributed by atoms with E-state index < -0.39 is 0 Å². The summed E-state index contributed by atoms with van der Waals surface area (Å²) in [5, 5.41) is 3.46. The third kappa shape index (κ3) is 2.99. The smallest absolute Gasteiger partial charge is 0.118 e. The summed E-state index contributed by atoms with van der Waals surface area (Å²) in [4.78, 5) is 0. The van der Waals surface area contributed by atoms with Crippen molar-refractivity contribution in [1.29, 1.82) is 0 Å². The first-order valence-corrected chi connectivity index (χ1v) is 6.40. The van der Waals surface area contributed by atoms with Crippen LogP contribution in [0.5, 0.6) is 5.75 Å². The zero-order chi connectivity index (χ0) is 12.1. The van der Waals surface area contributed by atoms with E-state index in [-0.39, 0.29) is 0 Å². The van der Waals surface area contributed by atoms with Crippen molar-refractivity contribution in [2.45, 2.75) is 18.8 Å². The lowest BCUT2D eigenvalue weighted by atomic mass is 9.81. The average Bonchev–Trinajstić information content (AvgIpc) is 2.42. The Morgan fingerprint density at radius 2 is 2.18 bits per heavy atom. The molecular weight excluding hydrogens is 212 g/mol. The van der Waals surface area contributed by atoms with Gasteiger partial charge in [0, 0.05) is 5.92 Å². The molecule has 0 amide bonds. The van der Waals surface area contributed by atoms with Crippen molar-refractivity contribution in [3.63, 3.8) is 0 Å². The van der Waals surface area contributed by atoms with E-state index in [1.165, 1.54) is 18.4 Å². The molecule has 0 aliphatic carbocycles. The fourth-order valence-electron chi connectivity index (χ4n) is 2.67. The molecule has 1 aliphatic heterocycles. The van der Waals surface area contributed by atoms with Crippen molar-refractivity contribution in [2.24, 2.45) is 11.7 Å². The Hall–Kier alpha value is -1.06. The third-order valence-electron chi connectivity index (χ3n) is 3.70. The van der Waals surface area contributed by atoms with Gasteiger partial charge in [0.2, 0.25) is 0 Å². The molecule has 1 aromatic rings. The molecule has 0 bridgehead atoms. The molecule has 2 atom stereocenters. The molecule has 1 saturated heterocycles. The van der Waals surface area contributed by atoms with Gasteiger partial charge in [-0.1, -0.05) is 12.1 Å². The van der Waals surface area contributed by atoms with Crippen molar-refractivity contribution in [3.05, 3.63) is 29.8 Å². The summed E-state index contributed by atoms with van der Waals surface area (Å²) in [7, 11) is 1.69. The quantitative estimate of drug-likeness (QED) is 0.834. The first-order chi connectivity index (χ1) is 8.35. The summed E-state index contributed by atoms with van der Waals surface area (Å²) in [6.45, 7) is 2.96. The van der Waals surface area contributed by atoms with Gasteiger partial charge in [-0.15, -0.1) is 0 Å². The average molecular weight is 234 g/mol. The van der Waals surface area contributed by atoms with Crippen LogP contribution in [0.1, 0.15) is 24.3 Å². The molecule has 3 nitrogen and oxygen atoms in total. The first-order valence-electron chi connectivity index (χ1n) is 6.40. The molecule has 0 aromatic heterocycles. The minimum atomic E-state index is 0.466. The Morgan fingerprint density at radius 3 is 2.71 bits per heavy atom. The van der Waals surface area contributed by atoms with Crippen LogP contribution < -0.4 is 15.8 Å². The van der Waals surface area contributed by atoms with E-state index in [1.807, 2.05) is 12.1 Å². The predicted molar refractivity (Wildman–Crippen MR) is 70.4 cm³/mol. The SMILES string of the molecule is COc1ccc(C(CN)C2CCCNC2)cc1. The van der Waals surface area contributed by atoms with Crippen molar-refractivity contribution < 1.29 is 4.74 Å². The largest absolute Gasteiger partial charge is 0.497 e. The summed E-state index contributed by atoms with van der Waals surface area (Å²) in [6.07, 6.45) is 2.54. The van der Waals surface area contributed by atoms with Gasteiger partial charge >= 0.3 is 0 Å². The third-order valence-corrected chi connectivity index (χ3v) is 3.70. The van der Waals surface area contributed by atoms with E-state index in [0.717, 1.165) is 25.4 Å². The highest BCUT2D eigenvalue weighted by Gasteiger charge is 2.23. The highest BCUT2D eigenvalue weighted by Crippen LogP contribution is 2.29. The van der Waals surface area contributed by atoms with Gasteiger partial charge in [-0.25, -0.2) is 0 Å². The fourth-order valence-corrected chi connectivity index (χ4v) is 2.67.